The highest BCUT2D eigenvalue weighted by Gasteiger charge is 2.18. The van der Waals surface area contributed by atoms with E-state index in [0.717, 1.165) is 16.8 Å². The van der Waals surface area contributed by atoms with Crippen LogP contribution in [0.4, 0.5) is 10.1 Å². The molecule has 202 valence electrons. The van der Waals surface area contributed by atoms with Crippen LogP contribution in [0, 0.1) is 19.7 Å². The molecule has 2 amide bonds. The lowest BCUT2D eigenvalue weighted by Gasteiger charge is -2.12. The highest BCUT2D eigenvalue weighted by molar-refractivity contribution is 7.99. The topological polar surface area (TPSA) is 107 Å². The Morgan fingerprint density at radius 3 is 2.41 bits per heavy atom. The van der Waals surface area contributed by atoms with E-state index >= 15 is 0 Å². The summed E-state index contributed by atoms with van der Waals surface area (Å²) in [5.74, 6) is 0.471. The van der Waals surface area contributed by atoms with Gasteiger partial charge in [0.2, 0.25) is 5.91 Å². The Balaban J connectivity index is 1.51. The van der Waals surface area contributed by atoms with Crippen LogP contribution in [0.5, 0.6) is 11.5 Å². The molecule has 0 aliphatic heterocycles. The SMILES string of the molecule is COc1ccc(C(=O)NCc2nnc(SCC(=O)Nc3cc(C)ccc3C)n2-c2ccc(F)cc2)cc1OC. The minimum atomic E-state index is -0.391. The van der Waals surface area contributed by atoms with Gasteiger partial charge in [-0.2, -0.15) is 0 Å². The van der Waals surface area contributed by atoms with Gasteiger partial charge in [-0.3, -0.25) is 14.2 Å². The summed E-state index contributed by atoms with van der Waals surface area (Å²) >= 11 is 1.18. The molecule has 1 aromatic heterocycles. The van der Waals surface area contributed by atoms with E-state index in [0.29, 0.717) is 33.7 Å². The number of carbonyl (C=O) groups excluding carboxylic acids is 2. The van der Waals surface area contributed by atoms with Gasteiger partial charge in [0.1, 0.15) is 5.82 Å². The van der Waals surface area contributed by atoms with Crippen molar-refractivity contribution in [3.05, 3.63) is 89.0 Å². The van der Waals surface area contributed by atoms with Gasteiger partial charge in [0, 0.05) is 16.9 Å². The van der Waals surface area contributed by atoms with E-state index in [2.05, 4.69) is 20.8 Å². The maximum Gasteiger partial charge on any atom is 0.251 e. The normalized spacial score (nSPS) is 10.7. The van der Waals surface area contributed by atoms with Gasteiger partial charge in [-0.15, -0.1) is 10.2 Å². The van der Waals surface area contributed by atoms with Crippen LogP contribution in [-0.4, -0.2) is 46.6 Å². The molecule has 9 nitrogen and oxygen atoms in total. The molecule has 4 rings (SSSR count). The second-order valence-electron chi connectivity index (χ2n) is 8.62. The van der Waals surface area contributed by atoms with E-state index in [1.54, 1.807) is 34.9 Å². The van der Waals surface area contributed by atoms with Crippen LogP contribution in [0.1, 0.15) is 27.3 Å². The summed E-state index contributed by atoms with van der Waals surface area (Å²) in [6, 6.07) is 16.5. The highest BCUT2D eigenvalue weighted by atomic mass is 32.2. The average molecular weight is 550 g/mol. The van der Waals surface area contributed by atoms with Gasteiger partial charge in [-0.05, 0) is 73.5 Å². The Hall–Kier alpha value is -4.38. The summed E-state index contributed by atoms with van der Waals surface area (Å²) in [5, 5.41) is 14.7. The molecule has 0 fully saturated rings. The minimum absolute atomic E-state index is 0.0345. The van der Waals surface area contributed by atoms with Gasteiger partial charge in [0.15, 0.2) is 22.5 Å². The number of amides is 2. The average Bonchev–Trinajstić information content (AvgIpc) is 3.35. The van der Waals surface area contributed by atoms with Crippen molar-refractivity contribution in [1.29, 1.82) is 0 Å². The van der Waals surface area contributed by atoms with Crippen LogP contribution in [0.3, 0.4) is 0 Å². The van der Waals surface area contributed by atoms with Crippen LogP contribution in [0.2, 0.25) is 0 Å². The molecule has 0 atom stereocenters. The number of carbonyl (C=O) groups is 2. The molecule has 0 aliphatic rings. The lowest BCUT2D eigenvalue weighted by Crippen LogP contribution is -2.24. The Morgan fingerprint density at radius 2 is 1.69 bits per heavy atom. The molecule has 2 N–H and O–H groups in total. The fraction of sp³-hybridized carbons (Fsp3) is 0.214. The van der Waals surface area contributed by atoms with Crippen molar-refractivity contribution in [3.8, 4) is 17.2 Å². The molecule has 3 aromatic carbocycles. The predicted molar refractivity (Wildman–Crippen MR) is 147 cm³/mol. The third kappa shape index (κ3) is 6.74. The van der Waals surface area contributed by atoms with Gasteiger partial charge in [-0.25, -0.2) is 4.39 Å². The molecule has 0 saturated heterocycles. The van der Waals surface area contributed by atoms with Crippen LogP contribution in [0.15, 0.2) is 65.8 Å². The fourth-order valence-electron chi connectivity index (χ4n) is 3.78. The number of nitrogens with one attached hydrogen (secondary N) is 2. The van der Waals surface area contributed by atoms with Crippen molar-refractivity contribution in [1.82, 2.24) is 20.1 Å². The van der Waals surface area contributed by atoms with Crippen LogP contribution >= 0.6 is 11.8 Å². The molecular weight excluding hydrogens is 521 g/mol. The van der Waals surface area contributed by atoms with Gasteiger partial charge in [0.25, 0.3) is 5.91 Å². The van der Waals surface area contributed by atoms with Crippen LogP contribution < -0.4 is 20.1 Å². The van der Waals surface area contributed by atoms with E-state index < -0.39 is 5.82 Å². The van der Waals surface area contributed by atoms with E-state index in [9.17, 15) is 14.0 Å². The largest absolute Gasteiger partial charge is 0.493 e. The zero-order valence-electron chi connectivity index (χ0n) is 21.9. The summed E-state index contributed by atoms with van der Waals surface area (Å²) in [7, 11) is 3.01. The number of methoxy groups -OCH3 is 2. The second kappa shape index (κ2) is 12.4. The molecule has 0 saturated carbocycles. The van der Waals surface area contributed by atoms with Gasteiger partial charge < -0.3 is 20.1 Å². The first-order valence-corrected chi connectivity index (χ1v) is 13.0. The van der Waals surface area contributed by atoms with Crippen molar-refractivity contribution < 1.29 is 23.5 Å². The number of ether oxygens (including phenoxy) is 2. The molecule has 0 aliphatic carbocycles. The molecule has 11 heteroatoms. The van der Waals surface area contributed by atoms with Gasteiger partial charge >= 0.3 is 0 Å². The molecule has 0 unspecified atom stereocenters. The summed E-state index contributed by atoms with van der Waals surface area (Å²) in [6.45, 7) is 3.92. The monoisotopic (exact) mass is 549 g/mol. The summed E-state index contributed by atoms with van der Waals surface area (Å²) in [4.78, 5) is 25.6. The fourth-order valence-corrected chi connectivity index (χ4v) is 4.55. The third-order valence-electron chi connectivity index (χ3n) is 5.84. The predicted octanol–water partition coefficient (Wildman–Crippen LogP) is 4.70. The van der Waals surface area contributed by atoms with Crippen LogP contribution in [-0.2, 0) is 11.3 Å². The number of nitrogens with zero attached hydrogens (tertiary/aromatic N) is 3. The zero-order chi connectivity index (χ0) is 27.9. The van der Waals surface area contributed by atoms with Gasteiger partial charge in [0.05, 0.1) is 26.5 Å². The van der Waals surface area contributed by atoms with E-state index in [4.69, 9.17) is 9.47 Å². The number of thioether (sulfide) groups is 1. The van der Waals surface area contributed by atoms with Crippen molar-refractivity contribution in [2.24, 2.45) is 0 Å². The maximum absolute atomic E-state index is 13.6. The van der Waals surface area contributed by atoms with E-state index in [1.165, 1.54) is 38.1 Å². The Morgan fingerprint density at radius 1 is 0.949 bits per heavy atom. The number of anilines is 1. The number of rotatable bonds is 10. The first-order chi connectivity index (χ1) is 18.8. The van der Waals surface area contributed by atoms with E-state index in [1.807, 2.05) is 32.0 Å². The molecule has 39 heavy (non-hydrogen) atoms. The lowest BCUT2D eigenvalue weighted by molar-refractivity contribution is -0.113. The van der Waals surface area contributed by atoms with E-state index in [-0.39, 0.29) is 24.1 Å². The summed E-state index contributed by atoms with van der Waals surface area (Å²) in [6.07, 6.45) is 0. The first-order valence-electron chi connectivity index (χ1n) is 12.0. The minimum Gasteiger partial charge on any atom is -0.493 e. The Labute approximate surface area is 229 Å². The van der Waals surface area contributed by atoms with Gasteiger partial charge in [-0.1, -0.05) is 23.9 Å². The smallest absolute Gasteiger partial charge is 0.251 e. The number of hydrogen-bond acceptors (Lipinski definition) is 7. The number of aromatic nitrogens is 3. The standard InChI is InChI=1S/C28H28FN5O4S/c1-17-5-6-18(2)22(13-17)31-26(35)16-39-28-33-32-25(34(28)21-10-8-20(29)9-11-21)15-30-27(36)19-7-12-23(37-3)24(14-19)38-4/h5-14H,15-16H2,1-4H3,(H,30,36)(H,31,35). The number of halogens is 1. The quantitative estimate of drug-likeness (QED) is 0.276. The maximum atomic E-state index is 13.6. The van der Waals surface area contributed by atoms with Crippen molar-refractivity contribution >= 4 is 29.3 Å². The summed E-state index contributed by atoms with van der Waals surface area (Å²) in [5.41, 5.74) is 3.71. The summed E-state index contributed by atoms with van der Waals surface area (Å²) < 4.78 is 25.8. The molecule has 0 radical (unpaired) electrons. The molecule has 0 bridgehead atoms. The molecule has 1 heterocycles. The molecule has 0 spiro atoms. The highest BCUT2D eigenvalue weighted by Crippen LogP contribution is 2.28. The van der Waals surface area contributed by atoms with Crippen molar-refractivity contribution in [2.75, 3.05) is 25.3 Å². The zero-order valence-corrected chi connectivity index (χ0v) is 22.8. The number of aryl methyl sites for hydroxylation is 2. The van der Waals surface area contributed by atoms with Crippen LogP contribution in [0.25, 0.3) is 5.69 Å². The van der Waals surface area contributed by atoms with Crippen molar-refractivity contribution in [3.63, 3.8) is 0 Å². The molecule has 4 aromatic rings. The number of benzene rings is 3. The third-order valence-corrected chi connectivity index (χ3v) is 6.77. The Kier molecular flexibility index (Phi) is 8.82. The lowest BCUT2D eigenvalue weighted by atomic mass is 10.1. The van der Waals surface area contributed by atoms with Crippen molar-refractivity contribution in [2.45, 2.75) is 25.5 Å². The first kappa shape index (κ1) is 27.6. The Bertz CT molecular complexity index is 1490. The number of hydrogen-bond donors (Lipinski definition) is 2. The molecular formula is C28H28FN5O4S. The second-order valence-corrected chi connectivity index (χ2v) is 9.56.